The number of ether oxygens (including phenoxy) is 1. The highest BCUT2D eigenvalue weighted by Crippen LogP contribution is 2.27. The first-order valence-electron chi connectivity index (χ1n) is 9.15. The fraction of sp³-hybridized carbons (Fsp3) is 0.0833. The quantitative estimate of drug-likeness (QED) is 0.387. The molecule has 0 spiro atoms. The number of fused-ring (bicyclic) bond motifs is 1. The Kier molecular flexibility index (Phi) is 5.04. The molecule has 1 N–H and O–H groups in total. The number of para-hydroxylation sites is 1. The number of aliphatic hydroxyl groups excluding tert-OH is 1. The maximum atomic E-state index is 13.9. The van der Waals surface area contributed by atoms with Crippen LogP contribution in [0.5, 0.6) is 11.5 Å². The van der Waals surface area contributed by atoms with E-state index in [0.717, 1.165) is 34.2 Å². The zero-order valence-corrected chi connectivity index (χ0v) is 15.6. The van der Waals surface area contributed by atoms with Crippen molar-refractivity contribution in [1.82, 2.24) is 4.57 Å². The largest absolute Gasteiger partial charge is 0.513 e. The van der Waals surface area contributed by atoms with Gasteiger partial charge in [0.15, 0.2) is 11.6 Å². The second kappa shape index (κ2) is 7.80. The van der Waals surface area contributed by atoms with E-state index in [1.165, 1.54) is 6.07 Å². The second-order valence-electron chi connectivity index (χ2n) is 6.87. The number of allylic oxidation sites excluding steroid dienone is 1. The van der Waals surface area contributed by atoms with Gasteiger partial charge in [0.2, 0.25) is 0 Å². The van der Waals surface area contributed by atoms with Gasteiger partial charge in [0.25, 0.3) is 0 Å². The average Bonchev–Trinajstić information content (AvgIpc) is 3.01. The minimum absolute atomic E-state index is 0.0290. The Morgan fingerprint density at radius 3 is 2.62 bits per heavy atom. The molecule has 3 aromatic carbocycles. The van der Waals surface area contributed by atoms with Gasteiger partial charge in [-0.1, -0.05) is 36.9 Å². The van der Waals surface area contributed by atoms with Crippen LogP contribution in [0.3, 0.4) is 0 Å². The summed E-state index contributed by atoms with van der Waals surface area (Å²) >= 11 is 0. The van der Waals surface area contributed by atoms with Crippen LogP contribution in [0.2, 0.25) is 0 Å². The summed E-state index contributed by atoms with van der Waals surface area (Å²) in [5.41, 5.74) is 2.99. The molecule has 0 fully saturated rings. The fourth-order valence-electron chi connectivity index (χ4n) is 3.40. The van der Waals surface area contributed by atoms with E-state index in [-0.39, 0.29) is 11.5 Å². The third kappa shape index (κ3) is 4.14. The normalized spacial score (nSPS) is 11.0. The van der Waals surface area contributed by atoms with Crippen LogP contribution < -0.4 is 4.74 Å². The van der Waals surface area contributed by atoms with Crippen LogP contribution in [0.15, 0.2) is 85.3 Å². The van der Waals surface area contributed by atoms with Crippen LogP contribution in [0.1, 0.15) is 11.1 Å². The first-order chi connectivity index (χ1) is 14.0. The third-order valence-electron chi connectivity index (χ3n) is 4.64. The van der Waals surface area contributed by atoms with Crippen LogP contribution >= 0.6 is 0 Å². The Labute approximate surface area is 167 Å². The maximum Gasteiger partial charge on any atom is 0.168 e. The molecule has 0 radical (unpaired) electrons. The SMILES string of the molecule is C=C(O)Cc1cn(Cc2cccc(Oc3ccc(F)cc3F)c2)c2ccccc12. The van der Waals surface area contributed by atoms with Gasteiger partial charge < -0.3 is 14.4 Å². The Hall–Kier alpha value is -3.60. The molecule has 0 aliphatic rings. The van der Waals surface area contributed by atoms with E-state index in [1.807, 2.05) is 48.7 Å². The van der Waals surface area contributed by atoms with Crippen LogP contribution in [-0.4, -0.2) is 9.67 Å². The van der Waals surface area contributed by atoms with Gasteiger partial charge in [0, 0.05) is 36.1 Å². The first kappa shape index (κ1) is 18.7. The number of aromatic nitrogens is 1. The van der Waals surface area contributed by atoms with Gasteiger partial charge in [-0.2, -0.15) is 0 Å². The first-order valence-corrected chi connectivity index (χ1v) is 9.15. The summed E-state index contributed by atoms with van der Waals surface area (Å²) in [4.78, 5) is 0. The van der Waals surface area contributed by atoms with Crippen LogP contribution in [0.25, 0.3) is 10.9 Å². The third-order valence-corrected chi connectivity index (χ3v) is 4.64. The van der Waals surface area contributed by atoms with E-state index in [2.05, 4.69) is 11.1 Å². The highest BCUT2D eigenvalue weighted by molar-refractivity contribution is 5.84. The van der Waals surface area contributed by atoms with E-state index in [9.17, 15) is 13.9 Å². The molecular formula is C24H19F2NO2. The lowest BCUT2D eigenvalue weighted by molar-refractivity contribution is 0.402. The Balaban J connectivity index is 1.62. The molecule has 0 saturated heterocycles. The molecule has 0 saturated carbocycles. The zero-order valence-electron chi connectivity index (χ0n) is 15.6. The van der Waals surface area contributed by atoms with E-state index >= 15 is 0 Å². The molecule has 0 unspecified atom stereocenters. The number of hydrogen-bond donors (Lipinski definition) is 1. The van der Waals surface area contributed by atoms with Crippen molar-refractivity contribution in [3.05, 3.63) is 108 Å². The Bertz CT molecular complexity index is 1200. The number of rotatable bonds is 6. The lowest BCUT2D eigenvalue weighted by atomic mass is 10.1. The highest BCUT2D eigenvalue weighted by Gasteiger charge is 2.11. The van der Waals surface area contributed by atoms with Crippen molar-refractivity contribution in [1.29, 1.82) is 0 Å². The maximum absolute atomic E-state index is 13.9. The van der Waals surface area contributed by atoms with Crippen molar-refractivity contribution >= 4 is 10.9 Å². The smallest absolute Gasteiger partial charge is 0.168 e. The topological polar surface area (TPSA) is 34.4 Å². The molecule has 0 aliphatic carbocycles. The molecule has 4 aromatic rings. The van der Waals surface area contributed by atoms with Crippen molar-refractivity contribution < 1.29 is 18.6 Å². The number of aliphatic hydroxyl groups is 1. The predicted molar refractivity (Wildman–Crippen MR) is 109 cm³/mol. The van der Waals surface area contributed by atoms with Crippen molar-refractivity contribution in [3.63, 3.8) is 0 Å². The van der Waals surface area contributed by atoms with Gasteiger partial charge in [-0.25, -0.2) is 8.78 Å². The van der Waals surface area contributed by atoms with Gasteiger partial charge in [0.1, 0.15) is 11.6 Å². The lowest BCUT2D eigenvalue weighted by Crippen LogP contribution is -1.98. The van der Waals surface area contributed by atoms with Gasteiger partial charge >= 0.3 is 0 Å². The molecule has 0 bridgehead atoms. The molecule has 0 atom stereocenters. The Morgan fingerprint density at radius 1 is 1.00 bits per heavy atom. The summed E-state index contributed by atoms with van der Waals surface area (Å²) in [6, 6.07) is 18.5. The van der Waals surface area contributed by atoms with Crippen molar-refractivity contribution in [2.45, 2.75) is 13.0 Å². The molecule has 146 valence electrons. The molecule has 1 aromatic heterocycles. The fourth-order valence-corrected chi connectivity index (χ4v) is 3.40. The van der Waals surface area contributed by atoms with E-state index in [0.29, 0.717) is 18.7 Å². The highest BCUT2D eigenvalue weighted by atomic mass is 19.1. The Morgan fingerprint density at radius 2 is 1.83 bits per heavy atom. The molecule has 0 aliphatic heterocycles. The zero-order chi connectivity index (χ0) is 20.4. The van der Waals surface area contributed by atoms with Crippen LogP contribution in [0.4, 0.5) is 8.78 Å². The van der Waals surface area contributed by atoms with Gasteiger partial charge in [-0.15, -0.1) is 0 Å². The van der Waals surface area contributed by atoms with E-state index in [4.69, 9.17) is 4.74 Å². The van der Waals surface area contributed by atoms with Crippen molar-refractivity contribution in [2.75, 3.05) is 0 Å². The lowest BCUT2D eigenvalue weighted by Gasteiger charge is -2.10. The summed E-state index contributed by atoms with van der Waals surface area (Å²) in [6.45, 7) is 4.16. The summed E-state index contributed by atoms with van der Waals surface area (Å²) in [5, 5.41) is 10.7. The van der Waals surface area contributed by atoms with Crippen molar-refractivity contribution in [2.24, 2.45) is 0 Å². The molecule has 29 heavy (non-hydrogen) atoms. The van der Waals surface area contributed by atoms with Gasteiger partial charge in [0.05, 0.1) is 5.76 Å². The van der Waals surface area contributed by atoms with E-state index < -0.39 is 11.6 Å². The number of nitrogens with zero attached hydrogens (tertiary/aromatic N) is 1. The minimum atomic E-state index is -0.749. The van der Waals surface area contributed by atoms with Crippen molar-refractivity contribution in [3.8, 4) is 11.5 Å². The number of benzene rings is 3. The minimum Gasteiger partial charge on any atom is -0.513 e. The summed E-state index contributed by atoms with van der Waals surface area (Å²) < 4.78 is 34.6. The van der Waals surface area contributed by atoms with Gasteiger partial charge in [-0.05, 0) is 41.5 Å². The predicted octanol–water partition coefficient (Wildman–Crippen LogP) is 6.37. The van der Waals surface area contributed by atoms with Crippen LogP contribution in [-0.2, 0) is 13.0 Å². The summed E-state index contributed by atoms with van der Waals surface area (Å²) in [5.74, 6) is -0.845. The molecular weight excluding hydrogens is 372 g/mol. The molecule has 0 amide bonds. The molecule has 3 nitrogen and oxygen atoms in total. The summed E-state index contributed by atoms with van der Waals surface area (Å²) in [7, 11) is 0. The second-order valence-corrected chi connectivity index (χ2v) is 6.87. The van der Waals surface area contributed by atoms with E-state index in [1.54, 1.807) is 6.07 Å². The molecule has 5 heteroatoms. The van der Waals surface area contributed by atoms with Crippen LogP contribution in [0, 0.1) is 11.6 Å². The average molecular weight is 391 g/mol. The monoisotopic (exact) mass is 391 g/mol. The number of hydrogen-bond acceptors (Lipinski definition) is 2. The standard InChI is InChI=1S/C24H19F2NO2/c1-16(28)11-18-15-27(23-8-3-2-7-21(18)23)14-17-5-4-6-20(12-17)29-24-10-9-19(25)13-22(24)26/h2-10,12-13,15,28H,1,11,14H2. The summed E-state index contributed by atoms with van der Waals surface area (Å²) in [6.07, 6.45) is 2.39. The van der Waals surface area contributed by atoms with Gasteiger partial charge in [-0.3, -0.25) is 0 Å². The molecule has 4 rings (SSSR count). The number of halogens is 2. The molecule has 1 heterocycles.